The first-order chi connectivity index (χ1) is 8.04. The van der Waals surface area contributed by atoms with Crippen molar-refractivity contribution in [2.75, 3.05) is 40.8 Å². The van der Waals surface area contributed by atoms with Crippen LogP contribution in [0.1, 0.15) is 19.3 Å². The monoisotopic (exact) mass is 243 g/mol. The van der Waals surface area contributed by atoms with Gasteiger partial charge in [-0.05, 0) is 53.5 Å². The van der Waals surface area contributed by atoms with Gasteiger partial charge in [-0.25, -0.2) is 0 Å². The number of nitrogens with zero attached hydrogens (tertiary/aromatic N) is 2. The number of likely N-dealkylation sites (tertiary alicyclic amines) is 1. The molecule has 0 aliphatic carbocycles. The summed E-state index contributed by atoms with van der Waals surface area (Å²) in [6, 6.07) is 0.271. The molecule has 1 fully saturated rings. The van der Waals surface area contributed by atoms with Crippen LogP contribution in [0.4, 0.5) is 0 Å². The summed E-state index contributed by atoms with van der Waals surface area (Å²) in [6.07, 6.45) is 3.05. The van der Waals surface area contributed by atoms with Crippen LogP contribution in [0.5, 0.6) is 0 Å². The summed E-state index contributed by atoms with van der Waals surface area (Å²) < 4.78 is 0. The zero-order valence-electron chi connectivity index (χ0n) is 11.1. The number of nitrogens with one attached hydrogen (secondary N) is 1. The number of carboxylic acids is 1. The van der Waals surface area contributed by atoms with Gasteiger partial charge in [-0.3, -0.25) is 4.79 Å². The van der Waals surface area contributed by atoms with E-state index in [4.69, 9.17) is 5.11 Å². The lowest BCUT2D eigenvalue weighted by atomic mass is 10.0. The average molecular weight is 243 g/mol. The van der Waals surface area contributed by atoms with Gasteiger partial charge < -0.3 is 20.2 Å². The Bertz CT molecular complexity index is 238. The van der Waals surface area contributed by atoms with Crippen molar-refractivity contribution in [2.45, 2.75) is 31.3 Å². The van der Waals surface area contributed by atoms with Crippen molar-refractivity contribution in [1.82, 2.24) is 15.1 Å². The van der Waals surface area contributed by atoms with Gasteiger partial charge in [-0.1, -0.05) is 0 Å². The number of piperidine rings is 1. The quantitative estimate of drug-likeness (QED) is 0.692. The van der Waals surface area contributed by atoms with Crippen molar-refractivity contribution in [1.29, 1.82) is 0 Å². The third kappa shape index (κ3) is 4.61. The zero-order chi connectivity index (χ0) is 12.8. The van der Waals surface area contributed by atoms with Gasteiger partial charge in [0.15, 0.2) is 0 Å². The van der Waals surface area contributed by atoms with Crippen LogP contribution in [0.25, 0.3) is 0 Å². The first kappa shape index (κ1) is 14.4. The van der Waals surface area contributed by atoms with E-state index in [2.05, 4.69) is 29.2 Å². The molecule has 0 aromatic carbocycles. The predicted molar refractivity (Wildman–Crippen MR) is 68.2 cm³/mol. The molecule has 2 N–H and O–H groups in total. The number of rotatable bonds is 6. The molecule has 1 atom stereocenters. The number of hydrogen-bond donors (Lipinski definition) is 2. The zero-order valence-corrected chi connectivity index (χ0v) is 11.1. The number of aliphatic carboxylic acids is 1. The fourth-order valence-electron chi connectivity index (χ4n) is 2.36. The van der Waals surface area contributed by atoms with Gasteiger partial charge in [0.1, 0.15) is 6.04 Å². The Morgan fingerprint density at radius 1 is 1.47 bits per heavy atom. The third-order valence-corrected chi connectivity index (χ3v) is 3.67. The van der Waals surface area contributed by atoms with Crippen LogP contribution >= 0.6 is 0 Å². The van der Waals surface area contributed by atoms with Crippen LogP contribution in [0.15, 0.2) is 0 Å². The molecular weight excluding hydrogens is 218 g/mol. The van der Waals surface area contributed by atoms with Crippen LogP contribution in [0, 0.1) is 0 Å². The first-order valence-electron chi connectivity index (χ1n) is 6.33. The summed E-state index contributed by atoms with van der Waals surface area (Å²) in [5.41, 5.74) is 0. The molecule has 0 spiro atoms. The smallest absolute Gasteiger partial charge is 0.320 e. The lowest BCUT2D eigenvalue weighted by Gasteiger charge is -2.35. The van der Waals surface area contributed by atoms with Crippen LogP contribution in [-0.4, -0.2) is 73.7 Å². The SMILES string of the molecule is CNC(CCN1CCC(N(C)C)CC1)C(=O)O. The van der Waals surface area contributed by atoms with E-state index in [1.165, 1.54) is 12.8 Å². The highest BCUT2D eigenvalue weighted by atomic mass is 16.4. The van der Waals surface area contributed by atoms with Gasteiger partial charge in [-0.15, -0.1) is 0 Å². The van der Waals surface area contributed by atoms with Gasteiger partial charge in [0.2, 0.25) is 0 Å². The van der Waals surface area contributed by atoms with Crippen LogP contribution < -0.4 is 5.32 Å². The predicted octanol–water partition coefficient (Wildman–Crippen LogP) is 0.0751. The molecule has 0 amide bonds. The van der Waals surface area contributed by atoms with E-state index in [0.717, 1.165) is 19.6 Å². The average Bonchev–Trinajstić information content (AvgIpc) is 2.30. The van der Waals surface area contributed by atoms with E-state index in [-0.39, 0.29) is 0 Å². The van der Waals surface area contributed by atoms with Crippen molar-refractivity contribution in [3.05, 3.63) is 0 Å². The third-order valence-electron chi connectivity index (χ3n) is 3.67. The van der Waals surface area contributed by atoms with E-state index in [0.29, 0.717) is 12.5 Å². The minimum atomic E-state index is -0.754. The second-order valence-corrected chi connectivity index (χ2v) is 5.00. The Morgan fingerprint density at radius 2 is 2.06 bits per heavy atom. The maximum atomic E-state index is 10.9. The Labute approximate surface area is 104 Å². The highest BCUT2D eigenvalue weighted by Gasteiger charge is 2.22. The highest BCUT2D eigenvalue weighted by Crippen LogP contribution is 2.14. The molecule has 0 aromatic heterocycles. The molecule has 1 aliphatic heterocycles. The number of carbonyl (C=O) groups is 1. The molecule has 17 heavy (non-hydrogen) atoms. The molecule has 0 aromatic rings. The molecule has 5 nitrogen and oxygen atoms in total. The summed E-state index contributed by atoms with van der Waals surface area (Å²) in [7, 11) is 5.96. The van der Waals surface area contributed by atoms with Crippen LogP contribution in [0.3, 0.4) is 0 Å². The normalized spacial score (nSPS) is 20.7. The van der Waals surface area contributed by atoms with E-state index in [9.17, 15) is 4.79 Å². The summed E-state index contributed by atoms with van der Waals surface area (Å²) in [6.45, 7) is 3.04. The molecule has 0 radical (unpaired) electrons. The Morgan fingerprint density at radius 3 is 2.47 bits per heavy atom. The number of carboxylic acid groups (broad SMARTS) is 1. The molecule has 100 valence electrons. The minimum absolute atomic E-state index is 0.415. The minimum Gasteiger partial charge on any atom is -0.480 e. The van der Waals surface area contributed by atoms with Gasteiger partial charge in [0.05, 0.1) is 0 Å². The Balaban J connectivity index is 2.24. The van der Waals surface area contributed by atoms with E-state index in [1.54, 1.807) is 7.05 Å². The maximum absolute atomic E-state index is 10.9. The standard InChI is InChI=1S/C12H25N3O2/c1-13-11(12(16)17)6-9-15-7-4-10(5-8-15)14(2)3/h10-11,13H,4-9H2,1-3H3,(H,16,17). The van der Waals surface area contributed by atoms with Crippen molar-refractivity contribution < 1.29 is 9.90 Å². The topological polar surface area (TPSA) is 55.8 Å². The van der Waals surface area contributed by atoms with Gasteiger partial charge >= 0.3 is 5.97 Å². The molecule has 5 heteroatoms. The summed E-state index contributed by atoms with van der Waals surface area (Å²) in [5.74, 6) is -0.754. The summed E-state index contributed by atoms with van der Waals surface area (Å²) >= 11 is 0. The fraction of sp³-hybridized carbons (Fsp3) is 0.917. The van der Waals surface area contributed by atoms with Crippen LogP contribution in [-0.2, 0) is 4.79 Å². The molecule has 1 unspecified atom stereocenters. The second-order valence-electron chi connectivity index (χ2n) is 5.00. The van der Waals surface area contributed by atoms with E-state index >= 15 is 0 Å². The summed E-state index contributed by atoms with van der Waals surface area (Å²) in [5, 5.41) is 11.8. The van der Waals surface area contributed by atoms with Crippen molar-refractivity contribution >= 4 is 5.97 Å². The molecule has 1 aliphatic rings. The number of hydrogen-bond acceptors (Lipinski definition) is 4. The number of likely N-dealkylation sites (N-methyl/N-ethyl adjacent to an activating group) is 1. The fourth-order valence-corrected chi connectivity index (χ4v) is 2.36. The largest absolute Gasteiger partial charge is 0.480 e. The van der Waals surface area contributed by atoms with Gasteiger partial charge in [-0.2, -0.15) is 0 Å². The lowest BCUT2D eigenvalue weighted by molar-refractivity contribution is -0.139. The van der Waals surface area contributed by atoms with E-state index in [1.807, 2.05) is 0 Å². The van der Waals surface area contributed by atoms with Gasteiger partial charge in [0, 0.05) is 12.6 Å². The Hall–Kier alpha value is -0.650. The maximum Gasteiger partial charge on any atom is 0.320 e. The second kappa shape index (κ2) is 6.93. The molecule has 1 heterocycles. The van der Waals surface area contributed by atoms with Crippen molar-refractivity contribution in [3.63, 3.8) is 0 Å². The molecule has 1 rings (SSSR count). The van der Waals surface area contributed by atoms with Crippen LogP contribution in [0.2, 0.25) is 0 Å². The van der Waals surface area contributed by atoms with Crippen molar-refractivity contribution in [3.8, 4) is 0 Å². The molecule has 0 bridgehead atoms. The molecule has 0 saturated carbocycles. The lowest BCUT2D eigenvalue weighted by Crippen LogP contribution is -2.44. The van der Waals surface area contributed by atoms with E-state index < -0.39 is 12.0 Å². The highest BCUT2D eigenvalue weighted by molar-refractivity contribution is 5.73. The van der Waals surface area contributed by atoms with Gasteiger partial charge in [0.25, 0.3) is 0 Å². The first-order valence-corrected chi connectivity index (χ1v) is 6.33. The molecule has 1 saturated heterocycles. The molecular formula is C12H25N3O2. The van der Waals surface area contributed by atoms with Crippen molar-refractivity contribution in [2.24, 2.45) is 0 Å². The summed E-state index contributed by atoms with van der Waals surface area (Å²) in [4.78, 5) is 15.5. The Kier molecular flexibility index (Phi) is 5.88.